The summed E-state index contributed by atoms with van der Waals surface area (Å²) in [5, 5.41) is 0. The van der Waals surface area contributed by atoms with Crippen LogP contribution in [0.1, 0.15) is 5.56 Å². The molecule has 1 rings (SSSR count). The Balaban J connectivity index is 2.98. The summed E-state index contributed by atoms with van der Waals surface area (Å²) in [5.74, 6) is -1.44. The van der Waals surface area contributed by atoms with Crippen LogP contribution < -0.4 is 9.47 Å². The summed E-state index contributed by atoms with van der Waals surface area (Å²) >= 11 is 0. The van der Waals surface area contributed by atoms with Gasteiger partial charge < -0.3 is 9.47 Å². The van der Waals surface area contributed by atoms with Gasteiger partial charge in [0.15, 0.2) is 11.5 Å². The first-order chi connectivity index (χ1) is 7.28. The smallest absolute Gasteiger partial charge is 0.431 e. The van der Waals surface area contributed by atoms with Gasteiger partial charge in [0.25, 0.3) is 0 Å². The lowest BCUT2D eigenvalue weighted by molar-refractivity contribution is -0.275. The Morgan fingerprint density at radius 1 is 1.12 bits per heavy atom. The molecule has 1 aromatic carbocycles. The largest absolute Gasteiger partial charge is 0.573 e. The Hall–Kier alpha value is -1.53. The highest BCUT2D eigenvalue weighted by Gasteiger charge is 2.32. The molecule has 0 fully saturated rings. The molecule has 0 aliphatic heterocycles. The number of aryl methyl sites for hydroxylation is 1. The van der Waals surface area contributed by atoms with Gasteiger partial charge >= 0.3 is 13.0 Å². The molecule has 0 aliphatic carbocycles. The molecule has 0 saturated heterocycles. The maximum atomic E-state index is 11.9. The number of alkyl halides is 5. The van der Waals surface area contributed by atoms with Gasteiger partial charge in [-0.25, -0.2) is 0 Å². The van der Waals surface area contributed by atoms with Gasteiger partial charge in [0.1, 0.15) is 0 Å². The fourth-order valence-electron chi connectivity index (χ4n) is 1.01. The van der Waals surface area contributed by atoms with Crippen LogP contribution in [-0.2, 0) is 0 Å². The van der Waals surface area contributed by atoms with E-state index in [-0.39, 0.29) is 0 Å². The fourth-order valence-corrected chi connectivity index (χ4v) is 1.01. The number of hydrogen-bond acceptors (Lipinski definition) is 2. The Labute approximate surface area is 87.6 Å². The lowest BCUT2D eigenvalue weighted by atomic mass is 10.2. The van der Waals surface area contributed by atoms with E-state index < -0.39 is 24.5 Å². The van der Waals surface area contributed by atoms with Crippen LogP contribution in [0.2, 0.25) is 0 Å². The molecule has 0 unspecified atom stereocenters. The summed E-state index contributed by atoms with van der Waals surface area (Å²) in [6, 6.07) is 3.29. The van der Waals surface area contributed by atoms with Crippen molar-refractivity contribution in [2.24, 2.45) is 0 Å². The average molecular weight is 242 g/mol. The zero-order chi connectivity index (χ0) is 12.3. The van der Waals surface area contributed by atoms with Crippen LogP contribution in [-0.4, -0.2) is 13.0 Å². The highest BCUT2D eigenvalue weighted by molar-refractivity contribution is 5.42. The predicted octanol–water partition coefficient (Wildman–Crippen LogP) is 3.50. The standard InChI is InChI=1S/C9H7F5O2/c1-5-2-3-6(15-8(10)11)7(4-5)16-9(12,13)14/h2-4,8H,1H3. The van der Waals surface area contributed by atoms with E-state index >= 15 is 0 Å². The number of ether oxygens (including phenoxy) is 2. The molecular weight excluding hydrogens is 235 g/mol. The van der Waals surface area contributed by atoms with Crippen molar-refractivity contribution in [2.75, 3.05) is 0 Å². The van der Waals surface area contributed by atoms with Crippen LogP contribution >= 0.6 is 0 Å². The van der Waals surface area contributed by atoms with Crippen LogP contribution in [0.4, 0.5) is 22.0 Å². The molecule has 0 aliphatic rings. The van der Waals surface area contributed by atoms with E-state index in [9.17, 15) is 22.0 Å². The first-order valence-electron chi connectivity index (χ1n) is 4.09. The molecule has 2 nitrogen and oxygen atoms in total. The molecule has 16 heavy (non-hydrogen) atoms. The van der Waals surface area contributed by atoms with Crippen molar-refractivity contribution in [3.05, 3.63) is 23.8 Å². The lowest BCUT2D eigenvalue weighted by Crippen LogP contribution is -2.18. The summed E-state index contributed by atoms with van der Waals surface area (Å²) in [6.45, 7) is -1.71. The van der Waals surface area contributed by atoms with E-state index in [1.807, 2.05) is 0 Å². The van der Waals surface area contributed by atoms with Gasteiger partial charge in [-0.15, -0.1) is 13.2 Å². The lowest BCUT2D eigenvalue weighted by Gasteiger charge is -2.14. The van der Waals surface area contributed by atoms with Crippen LogP contribution in [0.3, 0.4) is 0 Å². The molecule has 0 amide bonds. The number of benzene rings is 1. The third kappa shape index (κ3) is 3.92. The van der Waals surface area contributed by atoms with E-state index in [0.29, 0.717) is 5.56 Å². The molecule has 1 aromatic rings. The first kappa shape index (κ1) is 12.5. The Bertz CT molecular complexity index is 361. The molecule has 0 spiro atoms. The van der Waals surface area contributed by atoms with E-state index in [1.54, 1.807) is 0 Å². The zero-order valence-corrected chi connectivity index (χ0v) is 8.02. The van der Waals surface area contributed by atoms with E-state index in [0.717, 1.165) is 12.1 Å². The minimum atomic E-state index is -4.95. The van der Waals surface area contributed by atoms with Gasteiger partial charge in [0.05, 0.1) is 0 Å². The second kappa shape index (κ2) is 4.54. The molecule has 0 heterocycles. The average Bonchev–Trinajstić information content (AvgIpc) is 2.06. The Morgan fingerprint density at radius 3 is 2.25 bits per heavy atom. The summed E-state index contributed by atoms with van der Waals surface area (Å²) in [6.07, 6.45) is -4.95. The molecule has 0 saturated carbocycles. The molecular formula is C9H7F5O2. The van der Waals surface area contributed by atoms with Gasteiger partial charge in [-0.3, -0.25) is 0 Å². The molecule has 90 valence electrons. The summed E-state index contributed by atoms with van der Waals surface area (Å²) in [7, 11) is 0. The van der Waals surface area contributed by atoms with Crippen LogP contribution in [0.15, 0.2) is 18.2 Å². The third-order valence-corrected chi connectivity index (χ3v) is 1.54. The summed E-state index contributed by atoms with van der Waals surface area (Å²) in [5.41, 5.74) is 0.431. The Kier molecular flexibility index (Phi) is 3.56. The number of rotatable bonds is 3. The fraction of sp³-hybridized carbons (Fsp3) is 0.333. The summed E-state index contributed by atoms with van der Waals surface area (Å²) < 4.78 is 67.0. The summed E-state index contributed by atoms with van der Waals surface area (Å²) in [4.78, 5) is 0. The van der Waals surface area contributed by atoms with Crippen LogP contribution in [0, 0.1) is 6.92 Å². The maximum absolute atomic E-state index is 11.9. The minimum Gasteiger partial charge on any atom is -0.431 e. The van der Waals surface area contributed by atoms with Crippen molar-refractivity contribution in [2.45, 2.75) is 19.9 Å². The van der Waals surface area contributed by atoms with Crippen molar-refractivity contribution in [1.29, 1.82) is 0 Å². The topological polar surface area (TPSA) is 18.5 Å². The Morgan fingerprint density at radius 2 is 1.75 bits per heavy atom. The first-order valence-corrected chi connectivity index (χ1v) is 4.09. The SMILES string of the molecule is Cc1ccc(OC(F)F)c(OC(F)(F)F)c1. The van der Waals surface area contributed by atoms with E-state index in [2.05, 4.69) is 9.47 Å². The third-order valence-electron chi connectivity index (χ3n) is 1.54. The maximum Gasteiger partial charge on any atom is 0.573 e. The van der Waals surface area contributed by atoms with Crippen molar-refractivity contribution in [3.8, 4) is 11.5 Å². The van der Waals surface area contributed by atoms with E-state index in [4.69, 9.17) is 0 Å². The minimum absolute atomic E-state index is 0.431. The molecule has 0 bridgehead atoms. The van der Waals surface area contributed by atoms with E-state index in [1.165, 1.54) is 13.0 Å². The second-order valence-corrected chi connectivity index (χ2v) is 2.88. The van der Waals surface area contributed by atoms with Gasteiger partial charge in [-0.2, -0.15) is 8.78 Å². The van der Waals surface area contributed by atoms with Gasteiger partial charge in [-0.05, 0) is 24.6 Å². The normalized spacial score (nSPS) is 11.7. The van der Waals surface area contributed by atoms with Crippen LogP contribution in [0.5, 0.6) is 11.5 Å². The van der Waals surface area contributed by atoms with Crippen molar-refractivity contribution in [3.63, 3.8) is 0 Å². The molecule has 0 aromatic heterocycles. The van der Waals surface area contributed by atoms with Gasteiger partial charge in [0, 0.05) is 0 Å². The molecule has 0 radical (unpaired) electrons. The van der Waals surface area contributed by atoms with Crippen molar-refractivity contribution in [1.82, 2.24) is 0 Å². The second-order valence-electron chi connectivity index (χ2n) is 2.88. The quantitative estimate of drug-likeness (QED) is 0.755. The monoisotopic (exact) mass is 242 g/mol. The van der Waals surface area contributed by atoms with Gasteiger partial charge in [-0.1, -0.05) is 6.07 Å². The highest BCUT2D eigenvalue weighted by Crippen LogP contribution is 2.33. The van der Waals surface area contributed by atoms with Crippen molar-refractivity contribution >= 4 is 0 Å². The zero-order valence-electron chi connectivity index (χ0n) is 8.02. The van der Waals surface area contributed by atoms with Gasteiger partial charge in [0.2, 0.25) is 0 Å². The molecule has 0 N–H and O–H groups in total. The van der Waals surface area contributed by atoms with Crippen LogP contribution in [0.25, 0.3) is 0 Å². The predicted molar refractivity (Wildman–Crippen MR) is 44.5 cm³/mol. The highest BCUT2D eigenvalue weighted by atomic mass is 19.4. The molecule has 7 heteroatoms. The van der Waals surface area contributed by atoms with Crippen molar-refractivity contribution < 1.29 is 31.4 Å². The number of halogens is 5. The molecule has 0 atom stereocenters. The number of hydrogen-bond donors (Lipinski definition) is 0.